The van der Waals surface area contributed by atoms with E-state index in [0.29, 0.717) is 18.2 Å². The number of likely N-dealkylation sites (tertiary alicyclic amines) is 1. The molecule has 20 heavy (non-hydrogen) atoms. The summed E-state index contributed by atoms with van der Waals surface area (Å²) in [6.45, 7) is 9.31. The second-order valence-corrected chi connectivity index (χ2v) is 5.92. The van der Waals surface area contributed by atoms with Gasteiger partial charge >= 0.3 is 0 Å². The molecule has 0 bridgehead atoms. The van der Waals surface area contributed by atoms with Crippen LogP contribution in [0.4, 0.5) is 0 Å². The summed E-state index contributed by atoms with van der Waals surface area (Å²) < 4.78 is 11.5. The van der Waals surface area contributed by atoms with Crippen molar-refractivity contribution < 1.29 is 9.47 Å². The molecule has 2 N–H and O–H groups in total. The van der Waals surface area contributed by atoms with Crippen molar-refractivity contribution in [2.24, 2.45) is 0 Å². The molecule has 0 amide bonds. The lowest BCUT2D eigenvalue weighted by Gasteiger charge is -2.33. The third-order valence-corrected chi connectivity index (χ3v) is 4.35. The molecular formula is C15H31N3O2. The molecule has 2 aliphatic rings. The monoisotopic (exact) mass is 285 g/mol. The highest BCUT2D eigenvalue weighted by Gasteiger charge is 2.35. The van der Waals surface area contributed by atoms with Gasteiger partial charge in [-0.1, -0.05) is 13.3 Å². The normalized spacial score (nSPS) is 31.8. The van der Waals surface area contributed by atoms with Crippen molar-refractivity contribution in [2.75, 3.05) is 53.0 Å². The lowest BCUT2D eigenvalue weighted by molar-refractivity contribution is -0.00428. The van der Waals surface area contributed by atoms with Gasteiger partial charge in [0.2, 0.25) is 0 Å². The average Bonchev–Trinajstić information content (AvgIpc) is 2.84. The zero-order chi connectivity index (χ0) is 14.2. The summed E-state index contributed by atoms with van der Waals surface area (Å²) in [4.78, 5) is 2.55. The lowest BCUT2D eigenvalue weighted by Crippen LogP contribution is -2.55. The Hall–Kier alpha value is -0.200. The van der Waals surface area contributed by atoms with Gasteiger partial charge in [-0.05, 0) is 12.8 Å². The van der Waals surface area contributed by atoms with E-state index in [0.717, 1.165) is 58.8 Å². The van der Waals surface area contributed by atoms with Gasteiger partial charge in [0.05, 0.1) is 18.8 Å². The van der Waals surface area contributed by atoms with Gasteiger partial charge in [-0.25, -0.2) is 0 Å². The smallest absolute Gasteiger partial charge is 0.0764 e. The van der Waals surface area contributed by atoms with Gasteiger partial charge in [-0.2, -0.15) is 0 Å². The molecule has 2 unspecified atom stereocenters. The molecule has 0 aromatic rings. The van der Waals surface area contributed by atoms with Crippen molar-refractivity contribution >= 4 is 0 Å². The fraction of sp³-hybridized carbons (Fsp3) is 1.00. The first-order valence-corrected chi connectivity index (χ1v) is 8.13. The minimum Gasteiger partial charge on any atom is -0.383 e. The zero-order valence-corrected chi connectivity index (χ0v) is 13.1. The number of methoxy groups -OCH3 is 1. The quantitative estimate of drug-likeness (QED) is 0.634. The summed E-state index contributed by atoms with van der Waals surface area (Å²) in [5.41, 5.74) is 0. The minimum absolute atomic E-state index is 0.345. The molecular weight excluding hydrogens is 254 g/mol. The van der Waals surface area contributed by atoms with E-state index >= 15 is 0 Å². The predicted octanol–water partition coefficient (Wildman–Crippen LogP) is 0.454. The zero-order valence-electron chi connectivity index (χ0n) is 13.1. The number of nitrogens with zero attached hydrogens (tertiary/aromatic N) is 1. The van der Waals surface area contributed by atoms with Crippen LogP contribution in [0.25, 0.3) is 0 Å². The molecule has 0 aliphatic carbocycles. The van der Waals surface area contributed by atoms with Gasteiger partial charge in [0.15, 0.2) is 0 Å². The van der Waals surface area contributed by atoms with Gasteiger partial charge in [0, 0.05) is 52.5 Å². The van der Waals surface area contributed by atoms with Crippen molar-refractivity contribution in [3.05, 3.63) is 0 Å². The standard InChI is InChI=1S/C15H31N3O2/c1-3-4-9-20-15-5-8-18(14(15)12-19-2)11-13-10-16-6-7-17-13/h13-17H,3-12H2,1-2H3/t13-,14?,15?/m1/s1. The number of hydrogen-bond donors (Lipinski definition) is 2. The number of unbranched alkanes of at least 4 members (excludes halogenated alkanes) is 1. The summed E-state index contributed by atoms with van der Waals surface area (Å²) in [5, 5.41) is 7.05. The van der Waals surface area contributed by atoms with Crippen LogP contribution in [0.2, 0.25) is 0 Å². The van der Waals surface area contributed by atoms with E-state index < -0.39 is 0 Å². The predicted molar refractivity (Wildman–Crippen MR) is 81.2 cm³/mol. The van der Waals surface area contributed by atoms with E-state index in [1.807, 2.05) is 0 Å². The van der Waals surface area contributed by atoms with Gasteiger partial charge in [0.1, 0.15) is 0 Å². The summed E-state index contributed by atoms with van der Waals surface area (Å²) in [7, 11) is 1.79. The van der Waals surface area contributed by atoms with Crippen molar-refractivity contribution in [3.8, 4) is 0 Å². The Morgan fingerprint density at radius 3 is 2.90 bits per heavy atom. The van der Waals surface area contributed by atoms with Crippen LogP contribution < -0.4 is 10.6 Å². The van der Waals surface area contributed by atoms with Crippen LogP contribution in [0.15, 0.2) is 0 Å². The molecule has 0 spiro atoms. The molecule has 5 heteroatoms. The maximum Gasteiger partial charge on any atom is 0.0764 e. The Kier molecular flexibility index (Phi) is 7.24. The SMILES string of the molecule is CCCCOC1CCN(C[C@H]2CNCCN2)C1COC. The molecule has 2 saturated heterocycles. The van der Waals surface area contributed by atoms with Crippen LogP contribution >= 0.6 is 0 Å². The topological polar surface area (TPSA) is 45.8 Å². The third-order valence-electron chi connectivity index (χ3n) is 4.35. The largest absolute Gasteiger partial charge is 0.383 e. The van der Waals surface area contributed by atoms with Crippen LogP contribution in [0, 0.1) is 0 Å². The first kappa shape index (κ1) is 16.2. The molecule has 2 rings (SSSR count). The highest BCUT2D eigenvalue weighted by molar-refractivity contribution is 4.91. The lowest BCUT2D eigenvalue weighted by atomic mass is 10.1. The molecule has 2 aliphatic heterocycles. The maximum atomic E-state index is 6.07. The fourth-order valence-electron chi connectivity index (χ4n) is 3.20. The fourth-order valence-corrected chi connectivity index (χ4v) is 3.20. The summed E-state index contributed by atoms with van der Waals surface area (Å²) in [6, 6.07) is 0.970. The first-order valence-electron chi connectivity index (χ1n) is 8.13. The highest BCUT2D eigenvalue weighted by Crippen LogP contribution is 2.22. The van der Waals surface area contributed by atoms with Crippen molar-refractivity contribution in [1.82, 2.24) is 15.5 Å². The summed E-state index contributed by atoms with van der Waals surface area (Å²) in [5.74, 6) is 0. The van der Waals surface area contributed by atoms with Crippen LogP contribution in [-0.4, -0.2) is 76.1 Å². The highest BCUT2D eigenvalue weighted by atomic mass is 16.5. The number of rotatable bonds is 8. The number of nitrogens with one attached hydrogen (secondary N) is 2. The number of ether oxygens (including phenoxy) is 2. The van der Waals surface area contributed by atoms with E-state index in [1.54, 1.807) is 7.11 Å². The van der Waals surface area contributed by atoms with Gasteiger partial charge in [-0.15, -0.1) is 0 Å². The summed E-state index contributed by atoms with van der Waals surface area (Å²) in [6.07, 6.45) is 3.84. The van der Waals surface area contributed by atoms with Crippen LogP contribution in [0.3, 0.4) is 0 Å². The first-order chi connectivity index (χ1) is 9.85. The molecule has 3 atom stereocenters. The van der Waals surface area contributed by atoms with E-state index in [2.05, 4.69) is 22.5 Å². The van der Waals surface area contributed by atoms with Crippen LogP contribution in [0.1, 0.15) is 26.2 Å². The minimum atomic E-state index is 0.345. The van der Waals surface area contributed by atoms with Gasteiger partial charge in [-0.3, -0.25) is 4.90 Å². The van der Waals surface area contributed by atoms with E-state index in [-0.39, 0.29) is 0 Å². The van der Waals surface area contributed by atoms with E-state index in [9.17, 15) is 0 Å². The molecule has 0 aromatic carbocycles. The van der Waals surface area contributed by atoms with Crippen molar-refractivity contribution in [3.63, 3.8) is 0 Å². The second-order valence-electron chi connectivity index (χ2n) is 5.92. The Morgan fingerprint density at radius 1 is 1.30 bits per heavy atom. The van der Waals surface area contributed by atoms with Crippen LogP contribution in [0.5, 0.6) is 0 Å². The third kappa shape index (κ3) is 4.67. The number of piperazine rings is 1. The molecule has 2 fully saturated rings. The van der Waals surface area contributed by atoms with Crippen LogP contribution in [-0.2, 0) is 9.47 Å². The summed E-state index contributed by atoms with van der Waals surface area (Å²) >= 11 is 0. The van der Waals surface area contributed by atoms with Gasteiger partial charge in [0.25, 0.3) is 0 Å². The van der Waals surface area contributed by atoms with Crippen molar-refractivity contribution in [1.29, 1.82) is 0 Å². The second kappa shape index (κ2) is 8.95. The molecule has 5 nitrogen and oxygen atoms in total. The molecule has 2 heterocycles. The van der Waals surface area contributed by atoms with Crippen molar-refractivity contribution in [2.45, 2.75) is 44.4 Å². The average molecular weight is 285 g/mol. The van der Waals surface area contributed by atoms with E-state index in [4.69, 9.17) is 9.47 Å². The molecule has 0 radical (unpaired) electrons. The Morgan fingerprint density at radius 2 is 2.20 bits per heavy atom. The molecule has 0 aromatic heterocycles. The Bertz CT molecular complexity index is 260. The van der Waals surface area contributed by atoms with E-state index in [1.165, 1.54) is 6.42 Å². The van der Waals surface area contributed by atoms with Gasteiger partial charge < -0.3 is 20.1 Å². The molecule has 118 valence electrons. The molecule has 0 saturated carbocycles. The maximum absolute atomic E-state index is 6.07. The Labute approximate surface area is 123 Å². The number of hydrogen-bond acceptors (Lipinski definition) is 5. The Balaban J connectivity index is 1.81.